The summed E-state index contributed by atoms with van der Waals surface area (Å²) in [7, 11) is 0. The molecule has 128 heavy (non-hydrogen) atoms. The topological polar surface area (TPSA) is 353 Å². The fourth-order valence-electron chi connectivity index (χ4n) is 21.5. The monoisotopic (exact) mass is 1770 g/mol. The van der Waals surface area contributed by atoms with Crippen molar-refractivity contribution in [2.45, 2.75) is 158 Å². The number of rotatable bonds is 16. The molecule has 12 heterocycles. The number of nitrogens with zero attached hydrogens (tertiary/aromatic N) is 8. The molecule has 8 bridgehead atoms. The third-order valence-electron chi connectivity index (χ3n) is 27.4. The number of aromatic carboxylic acids is 1. The molecule has 8 fully saturated rings. The summed E-state index contributed by atoms with van der Waals surface area (Å²) in [4.78, 5) is 161. The highest BCUT2D eigenvalue weighted by atomic mass is 19.2. The van der Waals surface area contributed by atoms with Crippen LogP contribution in [0, 0.1) is 76.0 Å². The van der Waals surface area contributed by atoms with E-state index >= 15 is 0 Å². The van der Waals surface area contributed by atoms with Gasteiger partial charge in [0.2, 0.25) is 21.7 Å². The Hall–Kier alpha value is -13.8. The van der Waals surface area contributed by atoms with E-state index in [9.17, 15) is 112 Å². The van der Waals surface area contributed by atoms with Gasteiger partial charge in [-0.15, -0.1) is 0 Å². The lowest BCUT2D eigenvalue weighted by Gasteiger charge is -2.44. The van der Waals surface area contributed by atoms with Gasteiger partial charge in [-0.25, -0.2) is 44.3 Å². The Balaban J connectivity index is 0.000000116. The van der Waals surface area contributed by atoms with Gasteiger partial charge in [-0.05, 0) is 112 Å². The maximum atomic E-state index is 14.1. The standard InChI is InChI=1S/C28H24F3N3O4.2C21H18F3N3O4.C21H20N2O5/c29-18-8-21(30)19(22(31)9-18)11-32-26(36)20-13-33-15-28-7-6-17(10-28)12-34(28)27(37)23(33)25(24(20)35)38-14-16-4-2-1-3-5-16;2*22-11-3-14(23)12(15(24)4-11)6-25-19(30)13-8-26-9-21-2-1-10(5-21)7-27(21)20(31)16(26)18(29)17(13)28;24-17-15(20(26)27)10-22-12-21-7-6-14(8-21)9-23(21)19(25)16(22)18(17)28-11-13-4-2-1-3-5-13/h1-5,8-9,13,17H,6-7,10-12,14-15H2,(H,32,36);2*3-4,8,10,29H,1-2,5-7,9H2,(H,25,30);1-5,10,14H,6-9,11-12H2,(H,26,27)/t17-,28+;2*10-,21+;14-,21+/m1111/s1. The summed E-state index contributed by atoms with van der Waals surface area (Å²) in [6.07, 6.45) is 16.0. The van der Waals surface area contributed by atoms with Crippen LogP contribution in [-0.4, -0.2) is 149 Å². The zero-order chi connectivity index (χ0) is 90.2. The highest BCUT2D eigenvalue weighted by Crippen LogP contribution is 2.55. The van der Waals surface area contributed by atoms with Crippen LogP contribution in [-0.2, 0) is 59.0 Å². The first-order valence-corrected chi connectivity index (χ1v) is 41.7. The number of carbonyl (C=O) groups excluding carboxylic acids is 7. The van der Waals surface area contributed by atoms with Crippen LogP contribution >= 0.6 is 0 Å². The quantitative estimate of drug-likeness (QED) is 0.0490. The van der Waals surface area contributed by atoms with Crippen LogP contribution in [0.15, 0.2) is 141 Å². The number of carbonyl (C=O) groups is 8. The third-order valence-corrected chi connectivity index (χ3v) is 27.4. The Labute approximate surface area is 719 Å². The molecule has 4 spiro atoms. The zero-order valence-electron chi connectivity index (χ0n) is 68.1. The number of piperidine rings is 4. The first kappa shape index (κ1) is 85.0. The number of carboxylic acids is 1. The summed E-state index contributed by atoms with van der Waals surface area (Å²) in [5, 5.41) is 37.1. The van der Waals surface area contributed by atoms with E-state index in [0.29, 0.717) is 112 Å². The number of amides is 7. The predicted molar refractivity (Wildman–Crippen MR) is 432 cm³/mol. The number of fused-ring (bicyclic) bond motifs is 8. The largest absolute Gasteiger partial charge is 0.503 e. The Kier molecular flexibility index (Phi) is 21.4. The molecule has 5 aromatic carbocycles. The molecule has 37 heteroatoms. The predicted octanol–water partition coefficient (Wildman–Crippen LogP) is 9.74. The molecule has 0 unspecified atom stereocenters. The van der Waals surface area contributed by atoms with Gasteiger partial charge in [-0.2, -0.15) is 0 Å². The molecule has 7 amide bonds. The molecule has 664 valence electrons. The lowest BCUT2D eigenvalue weighted by molar-refractivity contribution is 0.0386. The number of ether oxygens (including phenoxy) is 2. The van der Waals surface area contributed by atoms with Gasteiger partial charge < -0.3 is 78.6 Å². The van der Waals surface area contributed by atoms with Crippen LogP contribution in [0.2, 0.25) is 0 Å². The molecule has 4 aromatic heterocycles. The van der Waals surface area contributed by atoms with Gasteiger partial charge in [0.1, 0.15) is 87.8 Å². The minimum Gasteiger partial charge on any atom is -0.503 e. The van der Waals surface area contributed by atoms with Crippen LogP contribution in [0.25, 0.3) is 0 Å². The van der Waals surface area contributed by atoms with Crippen LogP contribution in [0.5, 0.6) is 23.0 Å². The zero-order valence-corrected chi connectivity index (χ0v) is 68.1. The Morgan fingerprint density at radius 2 is 0.625 bits per heavy atom. The van der Waals surface area contributed by atoms with Gasteiger partial charge in [-0.3, -0.25) is 52.7 Å². The normalized spacial score (nSPS) is 23.2. The second-order valence-electron chi connectivity index (χ2n) is 35.2. The fraction of sp³-hybridized carbons (Fsp3) is 0.363. The maximum absolute atomic E-state index is 14.1. The molecular weight excluding hydrogens is 1690 g/mol. The SMILES string of the molecule is O=C(NCc1c(F)cc(F)cc1F)c1cn2c(c(O)c1=O)C(=O)N1C[C@@H]3CC[C@]1(C3)C2.O=C(NCc1c(F)cc(F)cc1F)c1cn2c(c(O)c1=O)C(=O)N1C[C@@H]3CC[C@]1(C3)C2.O=C(NCc1c(F)cc(F)cc1F)c1cn2c(c(OCc3ccccc3)c1=O)C(=O)N1C[C@@H]3CC[C@]1(C3)C2.O=C(O)c1cn2c(c(OCc3ccccc3)c1=O)C(=O)N1C[C@@H]3CC[C@]1(C3)C2. The Morgan fingerprint density at radius 3 is 0.906 bits per heavy atom. The second-order valence-corrected chi connectivity index (χ2v) is 35.2. The molecule has 12 aliphatic rings. The van der Waals surface area contributed by atoms with E-state index in [2.05, 4.69) is 16.0 Å². The Morgan fingerprint density at radius 1 is 0.367 bits per heavy atom. The van der Waals surface area contributed by atoms with Crippen molar-refractivity contribution >= 4 is 47.3 Å². The van der Waals surface area contributed by atoms with E-state index < -0.39 is 169 Å². The smallest absolute Gasteiger partial charge is 0.341 e. The van der Waals surface area contributed by atoms with E-state index in [-0.39, 0.29) is 92.6 Å². The summed E-state index contributed by atoms with van der Waals surface area (Å²) >= 11 is 0. The number of aromatic hydroxyl groups is 2. The van der Waals surface area contributed by atoms with Crippen molar-refractivity contribution in [2.75, 3.05) is 26.2 Å². The number of benzene rings is 5. The van der Waals surface area contributed by atoms with Crippen LogP contribution in [0.1, 0.15) is 188 Å². The molecule has 4 saturated carbocycles. The van der Waals surface area contributed by atoms with Crippen LogP contribution in [0.4, 0.5) is 39.5 Å². The van der Waals surface area contributed by atoms with Crippen molar-refractivity contribution in [1.29, 1.82) is 0 Å². The molecular formula is C91H80F9N11O17. The molecule has 9 aromatic rings. The summed E-state index contributed by atoms with van der Waals surface area (Å²) < 4.78 is 141. The molecule has 28 nitrogen and oxygen atoms in total. The van der Waals surface area contributed by atoms with Gasteiger partial charge in [-0.1, -0.05) is 60.7 Å². The third kappa shape index (κ3) is 14.7. The number of hydrogen-bond donors (Lipinski definition) is 6. The Bertz CT molecular complexity index is 6270. The number of nitrogens with one attached hydrogen (secondary N) is 3. The molecule has 21 rings (SSSR count). The number of aromatic nitrogens is 4. The van der Waals surface area contributed by atoms with Crippen LogP contribution in [0.3, 0.4) is 0 Å². The fourth-order valence-corrected chi connectivity index (χ4v) is 21.5. The minimum atomic E-state index is -1.31. The van der Waals surface area contributed by atoms with Gasteiger partial charge >= 0.3 is 5.97 Å². The van der Waals surface area contributed by atoms with Crippen LogP contribution < -0.4 is 47.1 Å². The van der Waals surface area contributed by atoms with Gasteiger partial charge in [0.25, 0.3) is 41.4 Å². The second kappa shape index (κ2) is 32.3. The van der Waals surface area contributed by atoms with Gasteiger partial charge in [0, 0.05) is 150 Å². The lowest BCUT2D eigenvalue weighted by atomic mass is 9.93. The summed E-state index contributed by atoms with van der Waals surface area (Å²) in [6, 6.07) is 21.3. The number of halogens is 9. The van der Waals surface area contributed by atoms with Crippen molar-refractivity contribution in [2.24, 2.45) is 23.7 Å². The van der Waals surface area contributed by atoms with E-state index in [1.54, 1.807) is 18.9 Å². The van der Waals surface area contributed by atoms with Gasteiger partial charge in [0.15, 0.2) is 45.8 Å². The lowest BCUT2D eigenvalue weighted by Crippen LogP contribution is -2.56. The van der Waals surface area contributed by atoms with Crippen molar-refractivity contribution in [1.82, 2.24) is 53.8 Å². The molecule has 0 radical (unpaired) electrons. The van der Waals surface area contributed by atoms with Crippen molar-refractivity contribution in [3.05, 3.63) is 288 Å². The van der Waals surface area contributed by atoms with Crippen molar-refractivity contribution in [3.8, 4) is 23.0 Å². The highest BCUT2D eigenvalue weighted by Gasteiger charge is 2.60. The van der Waals surface area contributed by atoms with E-state index in [1.165, 1.54) is 33.9 Å². The first-order valence-electron chi connectivity index (χ1n) is 41.7. The number of pyridine rings is 4. The van der Waals surface area contributed by atoms with E-state index in [0.717, 1.165) is 88.2 Å². The molecule has 4 saturated heterocycles. The van der Waals surface area contributed by atoms with Crippen molar-refractivity contribution in [3.63, 3.8) is 0 Å². The van der Waals surface area contributed by atoms with E-state index in [4.69, 9.17) is 9.47 Å². The van der Waals surface area contributed by atoms with E-state index in [1.807, 2.05) is 70.5 Å². The maximum Gasteiger partial charge on any atom is 0.341 e. The summed E-state index contributed by atoms with van der Waals surface area (Å²) in [5.74, 6) is -16.2. The molecule has 8 aliphatic heterocycles. The average molecular weight is 1770 g/mol. The summed E-state index contributed by atoms with van der Waals surface area (Å²) in [6.45, 7) is 2.35. The number of hydrogen-bond acceptors (Lipinski definition) is 16. The van der Waals surface area contributed by atoms with Gasteiger partial charge in [0.05, 0.1) is 22.2 Å². The number of carboxylic acid groups (broad SMARTS) is 1. The molecule has 4 aliphatic carbocycles. The average Bonchev–Trinajstić information content (AvgIpc) is 1.56. The minimum absolute atomic E-state index is 0.00119. The molecule has 6 N–H and O–H groups in total. The first-order chi connectivity index (χ1) is 61.1. The summed E-state index contributed by atoms with van der Waals surface area (Å²) in [5.41, 5.74) is -6.71. The van der Waals surface area contributed by atoms with Crippen molar-refractivity contribution < 1.29 is 103 Å². The molecule has 8 atom stereocenters. The highest BCUT2D eigenvalue weighted by molar-refractivity contribution is 6.03.